The first-order chi connectivity index (χ1) is 6.67. The van der Waals surface area contributed by atoms with Crippen molar-refractivity contribution in [2.24, 2.45) is 5.18 Å². The van der Waals surface area contributed by atoms with Crippen molar-refractivity contribution in [2.45, 2.75) is 19.8 Å². The topological polar surface area (TPSA) is 79.6 Å². The molecule has 0 fully saturated rings. The van der Waals surface area contributed by atoms with Crippen molar-refractivity contribution >= 4 is 11.8 Å². The minimum Gasteiger partial charge on any atom is -0.478 e. The van der Waals surface area contributed by atoms with Crippen LogP contribution in [0.25, 0.3) is 0 Å². The number of carbonyl (C=O) groups is 1. The van der Waals surface area contributed by atoms with Crippen molar-refractivity contribution in [1.82, 2.24) is 4.98 Å². The predicted octanol–water partition coefficient (Wildman–Crippen LogP) is 2.13. The van der Waals surface area contributed by atoms with Gasteiger partial charge in [0.25, 0.3) is 0 Å². The highest BCUT2D eigenvalue weighted by Crippen LogP contribution is 2.14. The smallest absolute Gasteiger partial charge is 0.335 e. The molecular formula is C9H10N2O3. The number of rotatable bonds is 4. The maximum Gasteiger partial charge on any atom is 0.335 e. The SMILES string of the molecule is CCCc1cc(C(=O)O)cc(N=O)n1. The van der Waals surface area contributed by atoms with E-state index in [1.54, 1.807) is 0 Å². The van der Waals surface area contributed by atoms with Gasteiger partial charge in [-0.2, -0.15) is 0 Å². The van der Waals surface area contributed by atoms with Crippen LogP contribution in [0.4, 0.5) is 5.82 Å². The summed E-state index contributed by atoms with van der Waals surface area (Å²) in [6, 6.07) is 2.62. The molecule has 1 aromatic heterocycles. The number of carboxylic acids is 1. The number of hydrogen-bond donors (Lipinski definition) is 1. The quantitative estimate of drug-likeness (QED) is 0.744. The first kappa shape index (κ1) is 10.3. The largest absolute Gasteiger partial charge is 0.478 e. The second-order valence-corrected chi connectivity index (χ2v) is 2.85. The van der Waals surface area contributed by atoms with Gasteiger partial charge in [-0.05, 0) is 17.7 Å². The highest BCUT2D eigenvalue weighted by Gasteiger charge is 2.08. The number of carboxylic acid groups (broad SMARTS) is 1. The van der Waals surface area contributed by atoms with Crippen LogP contribution in [0.5, 0.6) is 0 Å². The van der Waals surface area contributed by atoms with Crippen LogP contribution in [-0.4, -0.2) is 16.1 Å². The monoisotopic (exact) mass is 194 g/mol. The van der Waals surface area contributed by atoms with Crippen LogP contribution >= 0.6 is 0 Å². The van der Waals surface area contributed by atoms with Gasteiger partial charge in [0.2, 0.25) is 0 Å². The summed E-state index contributed by atoms with van der Waals surface area (Å²) in [4.78, 5) is 24.8. The van der Waals surface area contributed by atoms with Gasteiger partial charge in [0.1, 0.15) is 0 Å². The van der Waals surface area contributed by atoms with E-state index in [9.17, 15) is 9.70 Å². The Hall–Kier alpha value is -1.78. The minimum atomic E-state index is -1.07. The fraction of sp³-hybridized carbons (Fsp3) is 0.333. The summed E-state index contributed by atoms with van der Waals surface area (Å²) in [5.41, 5.74) is 0.639. The third-order valence-corrected chi connectivity index (χ3v) is 1.71. The lowest BCUT2D eigenvalue weighted by Gasteiger charge is -2.00. The summed E-state index contributed by atoms with van der Waals surface area (Å²) in [6.07, 6.45) is 1.48. The van der Waals surface area contributed by atoms with Crippen molar-refractivity contribution < 1.29 is 9.90 Å². The Balaban J connectivity index is 3.12. The number of nitroso groups, excluding NO2 is 1. The Bertz CT molecular complexity index is 363. The Labute approximate surface area is 80.8 Å². The standard InChI is InChI=1S/C9H10N2O3/c1-2-3-7-4-6(9(12)13)5-8(10-7)11-14/h4-5H,2-3H2,1H3,(H,12,13). The molecule has 0 aliphatic heterocycles. The Morgan fingerprint density at radius 2 is 2.29 bits per heavy atom. The predicted molar refractivity (Wildman–Crippen MR) is 50.6 cm³/mol. The maximum absolute atomic E-state index is 10.7. The number of nitrogens with zero attached hydrogens (tertiary/aromatic N) is 2. The van der Waals surface area contributed by atoms with Crippen LogP contribution in [0.3, 0.4) is 0 Å². The highest BCUT2D eigenvalue weighted by molar-refractivity contribution is 5.88. The van der Waals surface area contributed by atoms with E-state index >= 15 is 0 Å². The molecule has 0 radical (unpaired) electrons. The van der Waals surface area contributed by atoms with Gasteiger partial charge in [0.05, 0.1) is 5.56 Å². The van der Waals surface area contributed by atoms with Crippen LogP contribution < -0.4 is 0 Å². The molecule has 1 heterocycles. The number of aryl methyl sites for hydroxylation is 1. The van der Waals surface area contributed by atoms with Gasteiger partial charge in [-0.1, -0.05) is 13.3 Å². The zero-order chi connectivity index (χ0) is 10.6. The molecule has 0 spiro atoms. The average Bonchev–Trinajstić information content (AvgIpc) is 2.17. The molecule has 14 heavy (non-hydrogen) atoms. The van der Waals surface area contributed by atoms with E-state index < -0.39 is 5.97 Å². The summed E-state index contributed by atoms with van der Waals surface area (Å²) in [6.45, 7) is 1.95. The lowest BCUT2D eigenvalue weighted by Crippen LogP contribution is -1.99. The molecule has 74 valence electrons. The lowest BCUT2D eigenvalue weighted by atomic mass is 10.1. The zero-order valence-electron chi connectivity index (χ0n) is 7.73. The average molecular weight is 194 g/mol. The fourth-order valence-electron chi connectivity index (χ4n) is 1.13. The second kappa shape index (κ2) is 4.45. The summed E-state index contributed by atoms with van der Waals surface area (Å²) in [5, 5.41) is 11.4. The molecule has 0 saturated heterocycles. The van der Waals surface area contributed by atoms with Crippen molar-refractivity contribution in [2.75, 3.05) is 0 Å². The molecule has 0 amide bonds. The van der Waals surface area contributed by atoms with E-state index in [0.29, 0.717) is 12.1 Å². The number of aromatic nitrogens is 1. The molecule has 0 aliphatic rings. The number of pyridine rings is 1. The van der Waals surface area contributed by atoms with E-state index in [2.05, 4.69) is 10.2 Å². The van der Waals surface area contributed by atoms with E-state index in [1.807, 2.05) is 6.92 Å². The van der Waals surface area contributed by atoms with Gasteiger partial charge < -0.3 is 5.11 Å². The van der Waals surface area contributed by atoms with Gasteiger partial charge in [0, 0.05) is 11.8 Å². The molecule has 0 aliphatic carbocycles. The molecule has 0 unspecified atom stereocenters. The molecule has 1 N–H and O–H groups in total. The first-order valence-electron chi connectivity index (χ1n) is 4.25. The summed E-state index contributed by atoms with van der Waals surface area (Å²) < 4.78 is 0. The van der Waals surface area contributed by atoms with Crippen LogP contribution in [0.1, 0.15) is 29.4 Å². The zero-order valence-corrected chi connectivity index (χ0v) is 7.73. The van der Waals surface area contributed by atoms with Crippen molar-refractivity contribution in [1.29, 1.82) is 0 Å². The lowest BCUT2D eigenvalue weighted by molar-refractivity contribution is 0.0696. The third kappa shape index (κ3) is 2.35. The van der Waals surface area contributed by atoms with Crippen molar-refractivity contribution in [3.05, 3.63) is 28.3 Å². The number of hydrogen-bond acceptors (Lipinski definition) is 4. The molecule has 1 aromatic rings. The highest BCUT2D eigenvalue weighted by atomic mass is 16.4. The molecule has 0 saturated carbocycles. The molecule has 5 nitrogen and oxygen atoms in total. The number of aromatic carboxylic acids is 1. The second-order valence-electron chi connectivity index (χ2n) is 2.85. The Kier molecular flexibility index (Phi) is 3.28. The van der Waals surface area contributed by atoms with Crippen molar-refractivity contribution in [3.8, 4) is 0 Å². The van der Waals surface area contributed by atoms with E-state index in [-0.39, 0.29) is 11.4 Å². The van der Waals surface area contributed by atoms with Gasteiger partial charge in [-0.25, -0.2) is 9.78 Å². The van der Waals surface area contributed by atoms with Gasteiger partial charge in [-0.3, -0.25) is 0 Å². The van der Waals surface area contributed by atoms with Gasteiger partial charge >= 0.3 is 5.97 Å². The molecule has 0 atom stereocenters. The molecular weight excluding hydrogens is 184 g/mol. The first-order valence-corrected chi connectivity index (χ1v) is 4.25. The van der Waals surface area contributed by atoms with E-state index in [0.717, 1.165) is 12.5 Å². The normalized spacial score (nSPS) is 9.79. The van der Waals surface area contributed by atoms with Gasteiger partial charge in [-0.15, -0.1) is 4.91 Å². The molecule has 5 heteroatoms. The van der Waals surface area contributed by atoms with Crippen LogP contribution in [0.15, 0.2) is 17.3 Å². The van der Waals surface area contributed by atoms with E-state index in [1.165, 1.54) is 6.07 Å². The van der Waals surface area contributed by atoms with Gasteiger partial charge in [0.15, 0.2) is 5.82 Å². The van der Waals surface area contributed by atoms with E-state index in [4.69, 9.17) is 5.11 Å². The molecule has 1 rings (SSSR count). The Morgan fingerprint density at radius 1 is 1.57 bits per heavy atom. The minimum absolute atomic E-state index is 0.0538. The van der Waals surface area contributed by atoms with Crippen LogP contribution in [-0.2, 0) is 6.42 Å². The third-order valence-electron chi connectivity index (χ3n) is 1.71. The summed E-state index contributed by atoms with van der Waals surface area (Å²) >= 11 is 0. The van der Waals surface area contributed by atoms with Crippen LogP contribution in [0.2, 0.25) is 0 Å². The van der Waals surface area contributed by atoms with Crippen molar-refractivity contribution in [3.63, 3.8) is 0 Å². The van der Waals surface area contributed by atoms with Crippen LogP contribution in [0, 0.1) is 4.91 Å². The summed E-state index contributed by atoms with van der Waals surface area (Å²) in [7, 11) is 0. The molecule has 0 aromatic carbocycles. The summed E-state index contributed by atoms with van der Waals surface area (Å²) in [5.74, 6) is -1.15. The maximum atomic E-state index is 10.7. The Morgan fingerprint density at radius 3 is 2.79 bits per heavy atom. The fourth-order valence-corrected chi connectivity index (χ4v) is 1.13. The molecule has 0 bridgehead atoms.